The zero-order chi connectivity index (χ0) is 20.6. The van der Waals surface area contributed by atoms with Crippen LogP contribution in [-0.4, -0.2) is 31.8 Å². The van der Waals surface area contributed by atoms with E-state index in [9.17, 15) is 4.79 Å². The zero-order valence-corrected chi connectivity index (χ0v) is 17.5. The van der Waals surface area contributed by atoms with Crippen molar-refractivity contribution in [1.82, 2.24) is 5.32 Å². The highest BCUT2D eigenvalue weighted by molar-refractivity contribution is 5.84. The fraction of sp³-hybridized carbons (Fsp3) is 0.375. The standard InChI is InChI=1S/C24H28N2O3/c1-5-29-20-11-10-17(16-21(20)28-4)12-14-24-23(2,3)18-8-6-7-9-19(18)26(24)15-13-22(27)25-24/h6-12,14,16H,5,13,15H2,1-4H3,(H,25,27)/b14-12+/t24-/m0/s1. The van der Waals surface area contributed by atoms with E-state index in [2.05, 4.69) is 60.5 Å². The Balaban J connectivity index is 1.77. The first-order valence-electron chi connectivity index (χ1n) is 10.1. The summed E-state index contributed by atoms with van der Waals surface area (Å²) in [6, 6.07) is 14.3. The summed E-state index contributed by atoms with van der Waals surface area (Å²) in [7, 11) is 1.64. The van der Waals surface area contributed by atoms with Crippen LogP contribution < -0.4 is 19.7 Å². The molecule has 152 valence electrons. The predicted octanol–water partition coefficient (Wildman–Crippen LogP) is 4.12. The number of anilines is 1. The van der Waals surface area contributed by atoms with E-state index in [1.165, 1.54) is 11.3 Å². The van der Waals surface area contributed by atoms with Crippen LogP contribution in [0.15, 0.2) is 48.5 Å². The van der Waals surface area contributed by atoms with Gasteiger partial charge < -0.3 is 19.7 Å². The fourth-order valence-electron chi connectivity index (χ4n) is 4.60. The average molecular weight is 392 g/mol. The summed E-state index contributed by atoms with van der Waals surface area (Å²) in [5.41, 5.74) is 2.53. The second-order valence-corrected chi connectivity index (χ2v) is 8.03. The summed E-state index contributed by atoms with van der Waals surface area (Å²) in [6.07, 6.45) is 4.68. The molecule has 2 heterocycles. The van der Waals surface area contributed by atoms with E-state index in [0.29, 0.717) is 25.3 Å². The van der Waals surface area contributed by atoms with Crippen molar-refractivity contribution in [3.63, 3.8) is 0 Å². The van der Waals surface area contributed by atoms with Gasteiger partial charge in [-0.1, -0.05) is 44.2 Å². The smallest absolute Gasteiger partial charge is 0.223 e. The lowest BCUT2D eigenvalue weighted by molar-refractivity contribution is -0.124. The Kier molecular flexibility index (Phi) is 4.77. The van der Waals surface area contributed by atoms with Crippen LogP contribution in [0.25, 0.3) is 6.08 Å². The molecule has 1 fully saturated rings. The molecule has 1 saturated heterocycles. The third kappa shape index (κ3) is 2.96. The molecule has 2 aliphatic rings. The molecular weight excluding hydrogens is 364 g/mol. The van der Waals surface area contributed by atoms with Crippen LogP contribution in [0.1, 0.15) is 38.3 Å². The maximum Gasteiger partial charge on any atom is 0.223 e. The topological polar surface area (TPSA) is 50.8 Å². The van der Waals surface area contributed by atoms with Gasteiger partial charge in [0.25, 0.3) is 0 Å². The predicted molar refractivity (Wildman–Crippen MR) is 116 cm³/mol. The van der Waals surface area contributed by atoms with E-state index < -0.39 is 5.66 Å². The lowest BCUT2D eigenvalue weighted by atomic mass is 9.74. The molecular formula is C24H28N2O3. The van der Waals surface area contributed by atoms with Crippen molar-refractivity contribution < 1.29 is 14.3 Å². The number of hydrogen-bond donors (Lipinski definition) is 1. The summed E-state index contributed by atoms with van der Waals surface area (Å²) in [5, 5.41) is 3.30. The van der Waals surface area contributed by atoms with Crippen LogP contribution >= 0.6 is 0 Å². The van der Waals surface area contributed by atoms with Crippen molar-refractivity contribution in [2.24, 2.45) is 0 Å². The van der Waals surface area contributed by atoms with Crippen LogP contribution in [0.5, 0.6) is 11.5 Å². The Hall–Kier alpha value is -2.95. The Bertz CT molecular complexity index is 966. The molecule has 1 amide bonds. The molecule has 4 rings (SSSR count). The van der Waals surface area contributed by atoms with Crippen LogP contribution in [-0.2, 0) is 10.2 Å². The molecule has 0 aliphatic carbocycles. The molecule has 2 aromatic rings. The van der Waals surface area contributed by atoms with E-state index >= 15 is 0 Å². The minimum absolute atomic E-state index is 0.0797. The number of amides is 1. The number of rotatable bonds is 5. The van der Waals surface area contributed by atoms with Gasteiger partial charge in [0.05, 0.1) is 13.7 Å². The van der Waals surface area contributed by atoms with Gasteiger partial charge in [-0.25, -0.2) is 0 Å². The number of hydrogen-bond acceptors (Lipinski definition) is 4. The van der Waals surface area contributed by atoms with Crippen LogP contribution in [0, 0.1) is 0 Å². The van der Waals surface area contributed by atoms with Crippen molar-refractivity contribution in [3.05, 3.63) is 59.7 Å². The number of carbonyl (C=O) groups excluding carboxylic acids is 1. The van der Waals surface area contributed by atoms with E-state index in [1.54, 1.807) is 7.11 Å². The first-order chi connectivity index (χ1) is 13.9. The van der Waals surface area contributed by atoms with Gasteiger partial charge in [-0.15, -0.1) is 0 Å². The Morgan fingerprint density at radius 3 is 2.72 bits per heavy atom. The molecule has 0 aromatic heterocycles. The highest BCUT2D eigenvalue weighted by Crippen LogP contribution is 2.52. The van der Waals surface area contributed by atoms with Gasteiger partial charge in [0.15, 0.2) is 11.5 Å². The fourth-order valence-corrected chi connectivity index (χ4v) is 4.60. The number of methoxy groups -OCH3 is 1. The normalized spacial score (nSPS) is 22.2. The van der Waals surface area contributed by atoms with Gasteiger partial charge in [0, 0.05) is 24.1 Å². The summed E-state index contributed by atoms with van der Waals surface area (Å²) in [4.78, 5) is 14.8. The molecule has 0 saturated carbocycles. The Morgan fingerprint density at radius 2 is 1.97 bits per heavy atom. The molecule has 0 unspecified atom stereocenters. The van der Waals surface area contributed by atoms with Crippen molar-refractivity contribution >= 4 is 17.7 Å². The third-order valence-corrected chi connectivity index (χ3v) is 6.14. The minimum Gasteiger partial charge on any atom is -0.493 e. The highest BCUT2D eigenvalue weighted by Gasteiger charge is 2.57. The SMILES string of the molecule is CCOc1ccc(/C=C/[C@]23NC(=O)CCN2c2ccccc2C3(C)C)cc1OC. The summed E-state index contributed by atoms with van der Waals surface area (Å²) in [5.74, 6) is 1.51. The van der Waals surface area contributed by atoms with Crippen molar-refractivity contribution in [1.29, 1.82) is 0 Å². The lowest BCUT2D eigenvalue weighted by Gasteiger charge is -2.49. The number of ether oxygens (including phenoxy) is 2. The number of para-hydroxylation sites is 1. The largest absolute Gasteiger partial charge is 0.493 e. The van der Waals surface area contributed by atoms with Crippen molar-refractivity contribution in [3.8, 4) is 11.5 Å². The van der Waals surface area contributed by atoms with Crippen molar-refractivity contribution in [2.45, 2.75) is 38.3 Å². The maximum atomic E-state index is 12.5. The number of nitrogens with zero attached hydrogens (tertiary/aromatic N) is 1. The average Bonchev–Trinajstić information content (AvgIpc) is 2.91. The van der Waals surface area contributed by atoms with Gasteiger partial charge in [-0.2, -0.15) is 0 Å². The van der Waals surface area contributed by atoms with Gasteiger partial charge >= 0.3 is 0 Å². The molecule has 2 aromatic carbocycles. The van der Waals surface area contributed by atoms with Gasteiger partial charge in [-0.3, -0.25) is 4.79 Å². The monoisotopic (exact) mass is 392 g/mol. The maximum absolute atomic E-state index is 12.5. The molecule has 1 N–H and O–H groups in total. The first kappa shape index (κ1) is 19.4. The molecule has 5 nitrogen and oxygen atoms in total. The van der Waals surface area contributed by atoms with E-state index in [-0.39, 0.29) is 11.3 Å². The second-order valence-electron chi connectivity index (χ2n) is 8.03. The van der Waals surface area contributed by atoms with Crippen molar-refractivity contribution in [2.75, 3.05) is 25.2 Å². The van der Waals surface area contributed by atoms with E-state index in [4.69, 9.17) is 9.47 Å². The Morgan fingerprint density at radius 1 is 1.17 bits per heavy atom. The number of nitrogens with one attached hydrogen (secondary N) is 1. The quantitative estimate of drug-likeness (QED) is 0.832. The Labute approximate surface area is 172 Å². The molecule has 29 heavy (non-hydrogen) atoms. The first-order valence-corrected chi connectivity index (χ1v) is 10.1. The minimum atomic E-state index is -0.613. The van der Waals surface area contributed by atoms with E-state index in [0.717, 1.165) is 11.3 Å². The molecule has 2 aliphatic heterocycles. The summed E-state index contributed by atoms with van der Waals surface area (Å²) in [6.45, 7) is 7.62. The molecule has 0 bridgehead atoms. The zero-order valence-electron chi connectivity index (χ0n) is 17.5. The van der Waals surface area contributed by atoms with Crippen LogP contribution in [0.2, 0.25) is 0 Å². The van der Waals surface area contributed by atoms with Crippen LogP contribution in [0.3, 0.4) is 0 Å². The number of benzene rings is 2. The molecule has 0 radical (unpaired) electrons. The van der Waals surface area contributed by atoms with Gasteiger partial charge in [0.1, 0.15) is 5.66 Å². The van der Waals surface area contributed by atoms with E-state index in [1.807, 2.05) is 25.1 Å². The lowest BCUT2D eigenvalue weighted by Crippen LogP contribution is -2.68. The number of carbonyl (C=O) groups is 1. The molecule has 0 spiro atoms. The van der Waals surface area contributed by atoms with Crippen LogP contribution in [0.4, 0.5) is 5.69 Å². The second kappa shape index (κ2) is 7.14. The van der Waals surface area contributed by atoms with Gasteiger partial charge in [0.2, 0.25) is 5.91 Å². The van der Waals surface area contributed by atoms with Gasteiger partial charge in [-0.05, 0) is 42.3 Å². The summed E-state index contributed by atoms with van der Waals surface area (Å²) >= 11 is 0. The number of fused-ring (bicyclic) bond motifs is 3. The molecule has 5 heteroatoms. The third-order valence-electron chi connectivity index (χ3n) is 6.14. The molecule has 1 atom stereocenters. The highest BCUT2D eigenvalue weighted by atomic mass is 16.5. The summed E-state index contributed by atoms with van der Waals surface area (Å²) < 4.78 is 11.1.